The van der Waals surface area contributed by atoms with Gasteiger partial charge in [-0.05, 0) is 55.7 Å². The van der Waals surface area contributed by atoms with E-state index in [1.165, 1.54) is 11.3 Å². The van der Waals surface area contributed by atoms with Crippen LogP contribution in [-0.4, -0.2) is 64.5 Å². The number of rotatable bonds is 17. The Bertz CT molecular complexity index is 1230. The second-order valence-electron chi connectivity index (χ2n) is 12.0. The normalized spacial score (nSPS) is 14.6. The lowest BCUT2D eigenvalue weighted by Gasteiger charge is -2.34. The molecule has 4 amide bonds. The molecule has 1 unspecified atom stereocenters. The molecule has 0 saturated heterocycles. The fourth-order valence-electron chi connectivity index (χ4n) is 4.95. The van der Waals surface area contributed by atoms with Crippen molar-refractivity contribution in [1.29, 1.82) is 0 Å². The highest BCUT2D eigenvalue weighted by Crippen LogP contribution is 2.28. The quantitative estimate of drug-likeness (QED) is 0.156. The fourth-order valence-corrected chi connectivity index (χ4v) is 5.81. The number of anilines is 1. The second-order valence-corrected chi connectivity index (χ2v) is 12.9. The Morgan fingerprint density at radius 1 is 1.02 bits per heavy atom. The molecule has 0 fully saturated rings. The van der Waals surface area contributed by atoms with Gasteiger partial charge in [0.1, 0.15) is 10.7 Å². The minimum Gasteiger partial charge on any atom is -0.481 e. The largest absolute Gasteiger partial charge is 0.481 e. The molecule has 1 aromatic heterocycles. The molecule has 12 heteroatoms. The number of aromatic nitrogens is 1. The van der Waals surface area contributed by atoms with E-state index in [0.717, 1.165) is 12.0 Å². The van der Waals surface area contributed by atoms with Crippen molar-refractivity contribution in [2.24, 2.45) is 17.8 Å². The molecule has 0 aliphatic rings. The first-order valence-electron chi connectivity index (χ1n) is 15.4. The first kappa shape index (κ1) is 36.5. The summed E-state index contributed by atoms with van der Waals surface area (Å²) in [6.07, 6.45) is 2.44. The Labute approximate surface area is 265 Å². The predicted octanol–water partition coefficient (Wildman–Crippen LogP) is 4.85. The lowest BCUT2D eigenvalue weighted by atomic mass is 9.94. The van der Waals surface area contributed by atoms with Crippen molar-refractivity contribution >= 4 is 40.8 Å². The molecule has 5 atom stereocenters. The zero-order chi connectivity index (χ0) is 33.0. The first-order valence-corrected chi connectivity index (χ1v) is 16.3. The summed E-state index contributed by atoms with van der Waals surface area (Å²) in [4.78, 5) is 57.1. The van der Waals surface area contributed by atoms with E-state index in [0.29, 0.717) is 36.5 Å². The van der Waals surface area contributed by atoms with Crippen LogP contribution in [0, 0.1) is 17.8 Å². The number of nitrogen functional groups attached to an aromatic ring is 1. The Hall–Kier alpha value is -3.67. The molecule has 244 valence electrons. The van der Waals surface area contributed by atoms with Gasteiger partial charge in [0.05, 0.1) is 12.0 Å². The van der Waals surface area contributed by atoms with Crippen LogP contribution < -0.4 is 21.7 Å². The Morgan fingerprint density at radius 3 is 2.25 bits per heavy atom. The molecular weight excluding hydrogens is 580 g/mol. The van der Waals surface area contributed by atoms with Crippen LogP contribution in [0.2, 0.25) is 0 Å². The lowest BCUT2D eigenvalue weighted by Crippen LogP contribution is -2.45. The number of hydrogen-bond donors (Lipinski definition) is 5. The molecule has 0 spiro atoms. The van der Waals surface area contributed by atoms with E-state index >= 15 is 0 Å². The van der Waals surface area contributed by atoms with Gasteiger partial charge >= 0.3 is 12.0 Å². The van der Waals surface area contributed by atoms with Crippen molar-refractivity contribution in [3.05, 3.63) is 45.9 Å². The summed E-state index contributed by atoms with van der Waals surface area (Å²) < 4.78 is 0. The van der Waals surface area contributed by atoms with Crippen LogP contribution in [0.4, 0.5) is 10.5 Å². The van der Waals surface area contributed by atoms with E-state index in [1.807, 2.05) is 32.9 Å². The maximum absolute atomic E-state index is 13.4. The van der Waals surface area contributed by atoms with Crippen LogP contribution in [0.1, 0.15) is 94.3 Å². The third-order valence-electron chi connectivity index (χ3n) is 7.91. The third-order valence-corrected chi connectivity index (χ3v) is 8.87. The standard InChI is InChI=1S/C32H50N6O5S/c1-8-20(5)14-28(39)38(7)27(19(3)4)17-25(37-32(43)34-9-2)30-36-26(18-44-30)29(40)35-24(15-21(6)31(41)42)16-22-10-12-23(33)13-11-22/h10-13,18-21,24-25,27H,8-9,14-17,33H2,1-7H3,(H,35,40)(H,41,42)(H2,34,37,43)/t20-,21-,24+,25+,27?/m0/s1. The monoisotopic (exact) mass is 630 g/mol. The van der Waals surface area contributed by atoms with Gasteiger partial charge in [-0.15, -0.1) is 11.3 Å². The van der Waals surface area contributed by atoms with E-state index in [-0.39, 0.29) is 41.9 Å². The van der Waals surface area contributed by atoms with E-state index in [9.17, 15) is 24.3 Å². The van der Waals surface area contributed by atoms with Crippen LogP contribution in [0.3, 0.4) is 0 Å². The molecule has 2 rings (SSSR count). The SMILES string of the molecule is CCNC(=O)N[C@H](CC(C(C)C)N(C)C(=O)C[C@@H](C)CC)c1nc(C(=O)N[C@@H](Cc2ccc(N)cc2)C[C@H](C)C(=O)O)cs1. The smallest absolute Gasteiger partial charge is 0.315 e. The van der Waals surface area contributed by atoms with E-state index in [4.69, 9.17) is 5.73 Å². The van der Waals surface area contributed by atoms with Gasteiger partial charge < -0.3 is 31.7 Å². The van der Waals surface area contributed by atoms with Crippen molar-refractivity contribution in [3.63, 3.8) is 0 Å². The van der Waals surface area contributed by atoms with E-state index in [2.05, 4.69) is 34.8 Å². The van der Waals surface area contributed by atoms with Gasteiger partial charge in [-0.1, -0.05) is 53.2 Å². The zero-order valence-corrected chi connectivity index (χ0v) is 27.9. The summed E-state index contributed by atoms with van der Waals surface area (Å²) in [6.45, 7) is 12.1. The topological polar surface area (TPSA) is 167 Å². The molecule has 1 aromatic carbocycles. The molecule has 2 aromatic rings. The number of thiazole rings is 1. The van der Waals surface area contributed by atoms with Crippen LogP contribution in [0.25, 0.3) is 0 Å². The molecule has 1 heterocycles. The molecule has 0 aliphatic carbocycles. The number of carbonyl (C=O) groups is 4. The van der Waals surface area contributed by atoms with Crippen LogP contribution >= 0.6 is 11.3 Å². The zero-order valence-electron chi connectivity index (χ0n) is 27.1. The number of carbonyl (C=O) groups excluding carboxylic acids is 3. The van der Waals surface area contributed by atoms with Crippen molar-refractivity contribution in [3.8, 4) is 0 Å². The Kier molecular flexibility index (Phi) is 14.6. The number of aliphatic carboxylic acids is 1. The average molecular weight is 631 g/mol. The molecule has 44 heavy (non-hydrogen) atoms. The summed E-state index contributed by atoms with van der Waals surface area (Å²) in [6, 6.07) is 5.70. The minimum atomic E-state index is -0.941. The summed E-state index contributed by atoms with van der Waals surface area (Å²) in [5.41, 5.74) is 7.52. The van der Waals surface area contributed by atoms with Gasteiger partial charge in [0, 0.05) is 43.2 Å². The summed E-state index contributed by atoms with van der Waals surface area (Å²) in [5.74, 6) is -1.61. The summed E-state index contributed by atoms with van der Waals surface area (Å²) in [7, 11) is 1.80. The number of urea groups is 1. The van der Waals surface area contributed by atoms with Crippen LogP contribution in [0.15, 0.2) is 29.6 Å². The number of nitrogens with one attached hydrogen (secondary N) is 3. The molecule has 0 radical (unpaired) electrons. The first-order chi connectivity index (χ1) is 20.7. The van der Waals surface area contributed by atoms with Crippen molar-refractivity contribution < 1.29 is 24.3 Å². The number of carboxylic acids is 1. The number of benzene rings is 1. The van der Waals surface area contributed by atoms with Crippen molar-refractivity contribution in [2.75, 3.05) is 19.3 Å². The number of amides is 4. The van der Waals surface area contributed by atoms with Crippen molar-refractivity contribution in [2.45, 2.75) is 91.8 Å². The summed E-state index contributed by atoms with van der Waals surface area (Å²) in [5, 5.41) is 20.4. The molecule has 0 saturated carbocycles. The highest BCUT2D eigenvalue weighted by Gasteiger charge is 2.30. The number of nitrogens with zero attached hydrogens (tertiary/aromatic N) is 2. The molecule has 0 aliphatic heterocycles. The molecular formula is C32H50N6O5S. The van der Waals surface area contributed by atoms with Crippen molar-refractivity contribution in [1.82, 2.24) is 25.8 Å². The Balaban J connectivity index is 2.30. The van der Waals surface area contributed by atoms with E-state index in [1.54, 1.807) is 36.4 Å². The average Bonchev–Trinajstić information content (AvgIpc) is 3.46. The maximum atomic E-state index is 13.4. The van der Waals surface area contributed by atoms with E-state index < -0.39 is 29.9 Å². The van der Waals surface area contributed by atoms with Gasteiger partial charge in [-0.2, -0.15) is 0 Å². The lowest BCUT2D eigenvalue weighted by molar-refractivity contribution is -0.141. The number of carboxylic acid groups (broad SMARTS) is 1. The molecule has 6 N–H and O–H groups in total. The molecule has 0 bridgehead atoms. The highest BCUT2D eigenvalue weighted by molar-refractivity contribution is 7.09. The predicted molar refractivity (Wildman–Crippen MR) is 174 cm³/mol. The van der Waals surface area contributed by atoms with Crippen LogP contribution in [-0.2, 0) is 16.0 Å². The van der Waals surface area contributed by atoms with Gasteiger partial charge in [0.2, 0.25) is 5.91 Å². The minimum absolute atomic E-state index is 0.0525. The number of hydrogen-bond acceptors (Lipinski definition) is 7. The fraction of sp³-hybridized carbons (Fsp3) is 0.594. The van der Waals surface area contributed by atoms with Gasteiger partial charge in [-0.25, -0.2) is 9.78 Å². The second kappa shape index (κ2) is 17.6. The number of nitrogens with two attached hydrogens (primary N) is 1. The van der Waals surface area contributed by atoms with Crippen LogP contribution in [0.5, 0.6) is 0 Å². The van der Waals surface area contributed by atoms with Gasteiger partial charge in [0.25, 0.3) is 5.91 Å². The third kappa shape index (κ3) is 11.4. The van der Waals surface area contributed by atoms with Gasteiger partial charge in [0.15, 0.2) is 0 Å². The Morgan fingerprint density at radius 2 is 1.68 bits per heavy atom. The maximum Gasteiger partial charge on any atom is 0.315 e. The molecule has 11 nitrogen and oxygen atoms in total. The highest BCUT2D eigenvalue weighted by atomic mass is 32.1. The summed E-state index contributed by atoms with van der Waals surface area (Å²) >= 11 is 1.26. The van der Waals surface area contributed by atoms with Gasteiger partial charge in [-0.3, -0.25) is 14.4 Å².